The van der Waals surface area contributed by atoms with Crippen molar-refractivity contribution in [1.29, 1.82) is 0 Å². The van der Waals surface area contributed by atoms with Gasteiger partial charge in [0.2, 0.25) is 0 Å². The van der Waals surface area contributed by atoms with Crippen LogP contribution in [0.5, 0.6) is 0 Å². The van der Waals surface area contributed by atoms with Crippen molar-refractivity contribution in [2.75, 3.05) is 0 Å². The molecule has 0 unspecified atom stereocenters. The van der Waals surface area contributed by atoms with Gasteiger partial charge < -0.3 is 4.57 Å². The van der Waals surface area contributed by atoms with Crippen molar-refractivity contribution in [3.63, 3.8) is 0 Å². The Hall–Kier alpha value is -6.36. The molecule has 0 radical (unpaired) electrons. The van der Waals surface area contributed by atoms with E-state index in [4.69, 9.17) is 9.97 Å². The highest BCUT2D eigenvalue weighted by atomic mass is 32.1. The number of rotatable bonds is 5. The SMILES string of the molecule is c1ccc(-c2ccc3c(c2)c2c(-c4cccc(-c5nc(-c6ccccc6)c6sc7ccccc7c6n5)c4)cccc2n3-c2ccccc2)cc1. The van der Waals surface area contributed by atoms with Crippen LogP contribution in [0.3, 0.4) is 0 Å². The molecule has 0 amide bonds. The lowest BCUT2D eigenvalue weighted by Gasteiger charge is -2.10. The summed E-state index contributed by atoms with van der Waals surface area (Å²) in [5, 5.41) is 3.61. The topological polar surface area (TPSA) is 30.7 Å². The first kappa shape index (κ1) is 28.6. The lowest BCUT2D eigenvalue weighted by Crippen LogP contribution is -1.94. The van der Waals surface area contributed by atoms with Gasteiger partial charge >= 0.3 is 0 Å². The molecule has 4 heteroatoms. The number of hydrogen-bond donors (Lipinski definition) is 0. The second-order valence-electron chi connectivity index (χ2n) is 12.6. The normalized spacial score (nSPS) is 11.6. The first-order valence-corrected chi connectivity index (χ1v) is 17.7. The Morgan fingerprint density at radius 3 is 1.94 bits per heavy atom. The van der Waals surface area contributed by atoms with Gasteiger partial charge in [-0.25, -0.2) is 9.97 Å². The van der Waals surface area contributed by atoms with Crippen LogP contribution in [0, 0.1) is 0 Å². The number of aromatic nitrogens is 3. The van der Waals surface area contributed by atoms with Gasteiger partial charge in [0.05, 0.1) is 26.9 Å². The van der Waals surface area contributed by atoms with Gasteiger partial charge in [0.1, 0.15) is 0 Å². The van der Waals surface area contributed by atoms with Gasteiger partial charge in [0.15, 0.2) is 5.82 Å². The van der Waals surface area contributed by atoms with E-state index in [0.717, 1.165) is 49.5 Å². The van der Waals surface area contributed by atoms with Gasteiger partial charge in [-0.2, -0.15) is 0 Å². The molecule has 0 spiro atoms. The molecular weight excluding hydrogens is 627 g/mol. The fourth-order valence-corrected chi connectivity index (χ4v) is 8.47. The molecule has 7 aromatic carbocycles. The Kier molecular flexibility index (Phi) is 6.68. The molecule has 3 heterocycles. The summed E-state index contributed by atoms with van der Waals surface area (Å²) in [4.78, 5) is 10.5. The van der Waals surface area contributed by atoms with E-state index in [2.05, 4.69) is 180 Å². The van der Waals surface area contributed by atoms with Gasteiger partial charge in [-0.05, 0) is 64.7 Å². The minimum Gasteiger partial charge on any atom is -0.309 e. The molecule has 0 saturated carbocycles. The molecule has 10 aromatic rings. The number of hydrogen-bond acceptors (Lipinski definition) is 3. The largest absolute Gasteiger partial charge is 0.309 e. The molecule has 0 bridgehead atoms. The number of benzene rings is 7. The zero-order chi connectivity index (χ0) is 33.0. The minimum atomic E-state index is 0.729. The summed E-state index contributed by atoms with van der Waals surface area (Å²) >= 11 is 1.76. The molecule has 0 aliphatic heterocycles. The highest BCUT2D eigenvalue weighted by molar-refractivity contribution is 7.26. The molecule has 3 aromatic heterocycles. The molecule has 0 N–H and O–H groups in total. The first-order chi connectivity index (χ1) is 24.8. The highest BCUT2D eigenvalue weighted by Crippen LogP contribution is 2.42. The number of para-hydroxylation sites is 1. The quantitative estimate of drug-likeness (QED) is 0.185. The highest BCUT2D eigenvalue weighted by Gasteiger charge is 2.19. The molecule has 234 valence electrons. The van der Waals surface area contributed by atoms with Gasteiger partial charge in [0, 0.05) is 37.7 Å². The Morgan fingerprint density at radius 2 is 1.12 bits per heavy atom. The maximum atomic E-state index is 5.27. The van der Waals surface area contributed by atoms with Crippen molar-refractivity contribution in [3.8, 4) is 50.6 Å². The van der Waals surface area contributed by atoms with Crippen molar-refractivity contribution in [1.82, 2.24) is 14.5 Å². The van der Waals surface area contributed by atoms with Gasteiger partial charge in [-0.3, -0.25) is 0 Å². The van der Waals surface area contributed by atoms with Crippen LogP contribution < -0.4 is 0 Å². The summed E-state index contributed by atoms with van der Waals surface area (Å²) in [6.45, 7) is 0. The summed E-state index contributed by atoms with van der Waals surface area (Å²) in [7, 11) is 0. The van der Waals surface area contributed by atoms with Gasteiger partial charge in [-0.15, -0.1) is 11.3 Å². The molecule has 0 aliphatic rings. The van der Waals surface area contributed by atoms with E-state index < -0.39 is 0 Å². The van der Waals surface area contributed by atoms with Crippen LogP contribution in [-0.2, 0) is 0 Å². The molecule has 3 nitrogen and oxygen atoms in total. The molecule has 0 atom stereocenters. The smallest absolute Gasteiger partial charge is 0.160 e. The first-order valence-electron chi connectivity index (χ1n) is 16.8. The summed E-state index contributed by atoms with van der Waals surface area (Å²) in [5.41, 5.74) is 12.3. The third-order valence-electron chi connectivity index (χ3n) is 9.61. The van der Waals surface area contributed by atoms with Crippen LogP contribution in [-0.4, -0.2) is 14.5 Å². The maximum absolute atomic E-state index is 5.27. The van der Waals surface area contributed by atoms with Crippen LogP contribution in [0.25, 0.3) is 92.7 Å². The number of thiophene rings is 1. The lowest BCUT2D eigenvalue weighted by molar-refractivity contribution is 1.18. The van der Waals surface area contributed by atoms with Crippen LogP contribution in [0.2, 0.25) is 0 Å². The van der Waals surface area contributed by atoms with Crippen LogP contribution in [0.1, 0.15) is 0 Å². The van der Waals surface area contributed by atoms with E-state index in [1.807, 2.05) is 0 Å². The number of fused-ring (bicyclic) bond motifs is 6. The van der Waals surface area contributed by atoms with E-state index >= 15 is 0 Å². The average molecular weight is 656 g/mol. The average Bonchev–Trinajstić information content (AvgIpc) is 3.74. The van der Waals surface area contributed by atoms with Crippen LogP contribution in [0.4, 0.5) is 0 Å². The fraction of sp³-hybridized carbons (Fsp3) is 0. The predicted molar refractivity (Wildman–Crippen MR) is 211 cm³/mol. The van der Waals surface area contributed by atoms with Gasteiger partial charge in [-0.1, -0.05) is 133 Å². The Labute approximate surface area is 293 Å². The van der Waals surface area contributed by atoms with Crippen LogP contribution in [0.15, 0.2) is 176 Å². The molecule has 0 fully saturated rings. The molecular formula is C46H29N3S. The van der Waals surface area contributed by atoms with E-state index in [9.17, 15) is 0 Å². The van der Waals surface area contributed by atoms with E-state index in [1.54, 1.807) is 11.3 Å². The fourth-order valence-electron chi connectivity index (χ4n) is 7.31. The minimum absolute atomic E-state index is 0.729. The van der Waals surface area contributed by atoms with E-state index in [-0.39, 0.29) is 0 Å². The standard InChI is InChI=1S/C46H29N3S/c1-4-14-30(15-5-1)32-26-27-39-38(29-32)42-36(23-13-24-40(42)49(39)35-20-8-3-9-21-35)33-18-12-19-34(28-33)46-47-43(31-16-6-2-7-17-31)45-44(48-46)37-22-10-11-25-41(37)50-45/h1-29H. The summed E-state index contributed by atoms with van der Waals surface area (Å²) in [5.74, 6) is 0.729. The van der Waals surface area contributed by atoms with E-state index in [1.165, 1.54) is 43.2 Å². The summed E-state index contributed by atoms with van der Waals surface area (Å²) in [6, 6.07) is 62.5. The Balaban J connectivity index is 1.21. The zero-order valence-corrected chi connectivity index (χ0v) is 27.8. The second-order valence-corrected chi connectivity index (χ2v) is 13.6. The monoisotopic (exact) mass is 655 g/mol. The van der Waals surface area contributed by atoms with Crippen molar-refractivity contribution < 1.29 is 0 Å². The van der Waals surface area contributed by atoms with Crippen molar-refractivity contribution in [2.24, 2.45) is 0 Å². The van der Waals surface area contributed by atoms with Crippen LogP contribution >= 0.6 is 11.3 Å². The summed E-state index contributed by atoms with van der Waals surface area (Å²) < 4.78 is 4.72. The lowest BCUT2D eigenvalue weighted by atomic mass is 9.96. The summed E-state index contributed by atoms with van der Waals surface area (Å²) in [6.07, 6.45) is 0. The Bertz CT molecular complexity index is 2850. The second kappa shape index (κ2) is 11.7. The number of nitrogens with zero attached hydrogens (tertiary/aromatic N) is 3. The molecule has 50 heavy (non-hydrogen) atoms. The van der Waals surface area contributed by atoms with Gasteiger partial charge in [0.25, 0.3) is 0 Å². The molecule has 10 rings (SSSR count). The molecule has 0 aliphatic carbocycles. The van der Waals surface area contributed by atoms with Crippen molar-refractivity contribution in [3.05, 3.63) is 176 Å². The third kappa shape index (κ3) is 4.65. The van der Waals surface area contributed by atoms with E-state index in [0.29, 0.717) is 0 Å². The predicted octanol–water partition coefficient (Wildman–Crippen LogP) is 12.6. The maximum Gasteiger partial charge on any atom is 0.160 e. The Morgan fingerprint density at radius 1 is 0.440 bits per heavy atom. The molecule has 0 saturated heterocycles. The third-order valence-corrected chi connectivity index (χ3v) is 10.8. The van der Waals surface area contributed by atoms with Crippen molar-refractivity contribution in [2.45, 2.75) is 0 Å². The zero-order valence-electron chi connectivity index (χ0n) is 27.0. The van der Waals surface area contributed by atoms with Crippen molar-refractivity contribution >= 4 is 53.4 Å².